The van der Waals surface area contributed by atoms with Crippen LogP contribution in [0.15, 0.2) is 64.5 Å². The average molecular weight is 413 g/mol. The fraction of sp³-hybridized carbons (Fsp3) is 0. The van der Waals surface area contributed by atoms with E-state index in [-0.39, 0.29) is 13.4 Å². The van der Waals surface area contributed by atoms with E-state index in [9.17, 15) is 12.8 Å². The smallest absolute Gasteiger partial charge is 0.209 e. The van der Waals surface area contributed by atoms with Gasteiger partial charge < -0.3 is 0 Å². The second-order valence-corrected chi connectivity index (χ2v) is 7.35. The Morgan fingerprint density at radius 1 is 0.952 bits per heavy atom. The van der Waals surface area contributed by atoms with Gasteiger partial charge in [-0.2, -0.15) is 0 Å². The molecule has 0 radical (unpaired) electrons. The fourth-order valence-electron chi connectivity index (χ4n) is 2.10. The standard InChI is InChI=1S/C15H9FINO2S/c16-11-6-2-7-12(14(11)17)21(19,20)13-8-1-4-10-5-3-9-18-15(10)13/h1-9H. The monoisotopic (exact) mass is 413 g/mol. The molecule has 0 saturated carbocycles. The number of rotatable bonds is 2. The van der Waals surface area contributed by atoms with Gasteiger partial charge in [-0.3, -0.25) is 4.98 Å². The molecule has 1 heterocycles. The van der Waals surface area contributed by atoms with Crippen molar-refractivity contribution in [1.82, 2.24) is 4.98 Å². The average Bonchev–Trinajstić information content (AvgIpc) is 2.49. The van der Waals surface area contributed by atoms with Gasteiger partial charge in [-0.15, -0.1) is 0 Å². The molecule has 0 fully saturated rings. The zero-order valence-electron chi connectivity index (χ0n) is 10.6. The van der Waals surface area contributed by atoms with Gasteiger partial charge in [0.15, 0.2) is 0 Å². The molecular weight excluding hydrogens is 404 g/mol. The van der Waals surface area contributed by atoms with Crippen LogP contribution < -0.4 is 0 Å². The molecule has 0 atom stereocenters. The number of pyridine rings is 1. The predicted molar refractivity (Wildman–Crippen MR) is 86.3 cm³/mol. The second-order valence-electron chi connectivity index (χ2n) is 4.39. The first-order valence-corrected chi connectivity index (χ1v) is 8.61. The molecule has 106 valence electrons. The van der Waals surface area contributed by atoms with Crippen molar-refractivity contribution < 1.29 is 12.8 Å². The minimum absolute atomic E-state index is 0.0405. The molecule has 0 aliphatic carbocycles. The van der Waals surface area contributed by atoms with E-state index in [0.29, 0.717) is 5.52 Å². The third-order valence-corrected chi connectivity index (χ3v) is 6.38. The summed E-state index contributed by atoms with van der Waals surface area (Å²) in [5.41, 5.74) is 0.389. The fourth-order valence-corrected chi connectivity index (χ4v) is 4.84. The summed E-state index contributed by atoms with van der Waals surface area (Å²) in [5, 5.41) is 0.727. The molecule has 0 saturated heterocycles. The molecule has 6 heteroatoms. The van der Waals surface area contributed by atoms with Crippen LogP contribution in [-0.4, -0.2) is 13.4 Å². The summed E-state index contributed by atoms with van der Waals surface area (Å²) >= 11 is 1.71. The number of nitrogens with zero attached hydrogens (tertiary/aromatic N) is 1. The quantitative estimate of drug-likeness (QED) is 0.601. The van der Waals surface area contributed by atoms with Crippen LogP contribution in [0, 0.1) is 9.39 Å². The molecule has 21 heavy (non-hydrogen) atoms. The van der Waals surface area contributed by atoms with Crippen molar-refractivity contribution in [2.75, 3.05) is 0 Å². The highest BCUT2D eigenvalue weighted by atomic mass is 127. The molecule has 0 unspecified atom stereocenters. The van der Waals surface area contributed by atoms with Crippen LogP contribution in [0.2, 0.25) is 0 Å². The van der Waals surface area contributed by atoms with Crippen LogP contribution >= 0.6 is 22.6 Å². The van der Waals surface area contributed by atoms with E-state index in [4.69, 9.17) is 0 Å². The van der Waals surface area contributed by atoms with Gasteiger partial charge in [0.1, 0.15) is 5.82 Å². The Morgan fingerprint density at radius 2 is 1.62 bits per heavy atom. The summed E-state index contributed by atoms with van der Waals surface area (Å²) in [6.07, 6.45) is 1.54. The van der Waals surface area contributed by atoms with E-state index >= 15 is 0 Å². The third kappa shape index (κ3) is 2.42. The number of para-hydroxylation sites is 1. The second kappa shape index (κ2) is 5.34. The van der Waals surface area contributed by atoms with Gasteiger partial charge >= 0.3 is 0 Å². The number of halogens is 2. The topological polar surface area (TPSA) is 47.0 Å². The molecule has 0 spiro atoms. The molecule has 0 amide bonds. The highest BCUT2D eigenvalue weighted by Crippen LogP contribution is 2.30. The first kappa shape index (κ1) is 14.4. The lowest BCUT2D eigenvalue weighted by atomic mass is 10.2. The number of aromatic nitrogens is 1. The van der Waals surface area contributed by atoms with Gasteiger partial charge in [0.2, 0.25) is 9.84 Å². The van der Waals surface area contributed by atoms with Crippen LogP contribution in [0.5, 0.6) is 0 Å². The van der Waals surface area contributed by atoms with E-state index in [2.05, 4.69) is 4.98 Å². The lowest BCUT2D eigenvalue weighted by Gasteiger charge is -2.09. The van der Waals surface area contributed by atoms with E-state index in [0.717, 1.165) is 5.39 Å². The Balaban J connectivity index is 2.34. The van der Waals surface area contributed by atoms with Crippen molar-refractivity contribution in [1.29, 1.82) is 0 Å². The number of benzene rings is 2. The van der Waals surface area contributed by atoms with Gasteiger partial charge in [-0.1, -0.05) is 24.3 Å². The van der Waals surface area contributed by atoms with Crippen LogP contribution in [0.1, 0.15) is 0 Å². The highest BCUT2D eigenvalue weighted by molar-refractivity contribution is 14.1. The van der Waals surface area contributed by atoms with Gasteiger partial charge in [-0.05, 0) is 46.9 Å². The third-order valence-electron chi connectivity index (χ3n) is 3.09. The maximum absolute atomic E-state index is 13.7. The maximum Gasteiger partial charge on any atom is 0.209 e. The van der Waals surface area contributed by atoms with Crippen LogP contribution in [-0.2, 0) is 9.84 Å². The summed E-state index contributed by atoms with van der Waals surface area (Å²) < 4.78 is 39.4. The lowest BCUT2D eigenvalue weighted by molar-refractivity contribution is 0.588. The summed E-state index contributed by atoms with van der Waals surface area (Å²) in [6, 6.07) is 12.5. The van der Waals surface area contributed by atoms with E-state index in [1.165, 1.54) is 30.5 Å². The number of fused-ring (bicyclic) bond motifs is 1. The minimum Gasteiger partial charge on any atom is -0.255 e. The molecule has 3 aromatic rings. The molecular formula is C15H9FINO2S. The van der Waals surface area contributed by atoms with Crippen molar-refractivity contribution >= 4 is 43.3 Å². The van der Waals surface area contributed by atoms with E-state index in [1.54, 1.807) is 46.9 Å². The van der Waals surface area contributed by atoms with Gasteiger partial charge in [0.25, 0.3) is 0 Å². The Kier molecular flexibility index (Phi) is 3.66. The lowest BCUT2D eigenvalue weighted by Crippen LogP contribution is -2.06. The number of hydrogen-bond donors (Lipinski definition) is 0. The largest absolute Gasteiger partial charge is 0.255 e. The van der Waals surface area contributed by atoms with Gasteiger partial charge in [0, 0.05) is 11.6 Å². The minimum atomic E-state index is -3.83. The molecule has 1 aromatic heterocycles. The van der Waals surface area contributed by atoms with E-state index in [1.807, 2.05) is 0 Å². The van der Waals surface area contributed by atoms with Crippen molar-refractivity contribution in [3.05, 3.63) is 64.1 Å². The molecule has 0 N–H and O–H groups in total. The van der Waals surface area contributed by atoms with Gasteiger partial charge in [-0.25, -0.2) is 12.8 Å². The molecule has 3 rings (SSSR count). The van der Waals surface area contributed by atoms with Crippen LogP contribution in [0.3, 0.4) is 0 Å². The van der Waals surface area contributed by atoms with Gasteiger partial charge in [0.05, 0.1) is 18.9 Å². The molecule has 3 nitrogen and oxygen atoms in total. The van der Waals surface area contributed by atoms with Crippen molar-refractivity contribution in [2.45, 2.75) is 9.79 Å². The maximum atomic E-state index is 13.7. The Morgan fingerprint density at radius 3 is 2.43 bits per heavy atom. The van der Waals surface area contributed by atoms with Crippen molar-refractivity contribution in [3.8, 4) is 0 Å². The molecule has 2 aromatic carbocycles. The molecule has 0 aliphatic heterocycles. The van der Waals surface area contributed by atoms with Crippen LogP contribution in [0.25, 0.3) is 10.9 Å². The summed E-state index contributed by atoms with van der Waals surface area (Å²) in [7, 11) is -3.83. The first-order chi connectivity index (χ1) is 10.0. The highest BCUT2D eigenvalue weighted by Gasteiger charge is 2.24. The summed E-state index contributed by atoms with van der Waals surface area (Å²) in [5.74, 6) is -0.551. The van der Waals surface area contributed by atoms with E-state index < -0.39 is 15.7 Å². The zero-order chi connectivity index (χ0) is 15.0. The first-order valence-electron chi connectivity index (χ1n) is 6.04. The normalized spacial score (nSPS) is 11.7. The zero-order valence-corrected chi connectivity index (χ0v) is 13.6. The predicted octanol–water partition coefficient (Wildman–Crippen LogP) is 3.81. The molecule has 0 bridgehead atoms. The SMILES string of the molecule is O=S(=O)(c1cccc(F)c1I)c1cccc2cccnc12. The number of hydrogen-bond acceptors (Lipinski definition) is 3. The Bertz CT molecular complexity index is 936. The molecule has 0 aliphatic rings. The summed E-state index contributed by atoms with van der Waals surface area (Å²) in [4.78, 5) is 4.20. The van der Waals surface area contributed by atoms with Crippen LogP contribution in [0.4, 0.5) is 4.39 Å². The summed E-state index contributed by atoms with van der Waals surface area (Å²) in [6.45, 7) is 0. The Labute approximate surface area is 134 Å². The Hall–Kier alpha value is -1.54. The van der Waals surface area contributed by atoms with Crippen molar-refractivity contribution in [2.24, 2.45) is 0 Å². The number of sulfone groups is 1. The van der Waals surface area contributed by atoms with Crippen molar-refractivity contribution in [3.63, 3.8) is 0 Å².